The van der Waals surface area contributed by atoms with Gasteiger partial charge in [0.05, 0.1) is 0 Å². The fraction of sp³-hybridized carbons (Fsp3) is 0. The molecule has 2 aromatic rings. The number of H-pyrrole nitrogens is 1. The van der Waals surface area contributed by atoms with Crippen molar-refractivity contribution in [2.45, 2.75) is 0 Å². The minimum Gasteiger partial charge on any atom is 1.00 e. The van der Waals surface area contributed by atoms with Crippen molar-refractivity contribution in [3.8, 4) is 0 Å². The molecule has 0 atom stereocenters. The van der Waals surface area contributed by atoms with Gasteiger partial charge in [-0.1, -0.05) is 0 Å². The number of hydrogen-bond donors (Lipinski definition) is 1. The second-order valence-corrected chi connectivity index (χ2v) is 4.16. The molecule has 0 amide bonds. The van der Waals surface area contributed by atoms with E-state index in [9.17, 15) is 9.90 Å². The average molecular weight is 220 g/mol. The first-order chi connectivity index (χ1) is 5.27. The Hall–Kier alpha value is -0.393. The Bertz CT molecular complexity index is 378. The molecule has 0 aliphatic heterocycles. The number of fused-ring (bicyclic) bond motifs is 1. The Morgan fingerprint density at radius 3 is 2.92 bits per heavy atom. The minimum absolute atomic E-state index is 0. The third-order valence-corrected chi connectivity index (χ3v) is 3.27. The van der Waals surface area contributed by atoms with Crippen molar-refractivity contribution in [3.63, 3.8) is 0 Å². The molecule has 0 fully saturated rings. The first-order valence-electron chi connectivity index (χ1n) is 3.05. The van der Waals surface area contributed by atoms with Crippen LogP contribution < -0.4 is 24.0 Å². The number of aromatic carboxylic acids is 1. The second kappa shape index (κ2) is 3.55. The summed E-state index contributed by atoms with van der Waals surface area (Å²) in [5.41, 5.74) is 1.10. The predicted octanol–water partition coefficient (Wildman–Crippen LogP) is -3.41. The van der Waals surface area contributed by atoms with Gasteiger partial charge in [-0.15, -0.1) is 0 Å². The zero-order valence-corrected chi connectivity index (χ0v) is 8.17. The van der Waals surface area contributed by atoms with Crippen LogP contribution in [0.5, 0.6) is 0 Å². The summed E-state index contributed by atoms with van der Waals surface area (Å²) in [6.07, 6.45) is 0. The van der Waals surface area contributed by atoms with Gasteiger partial charge in [-0.25, -0.2) is 0 Å². The van der Waals surface area contributed by atoms with Gasteiger partial charge in [0.2, 0.25) is 0 Å². The molecule has 2 heterocycles. The maximum atomic E-state index is 10.3. The number of nitrogens with one attached hydrogen (secondary N) is 1. The van der Waals surface area contributed by atoms with Gasteiger partial charge in [0.1, 0.15) is 0 Å². The molecule has 0 aromatic carbocycles. The van der Waals surface area contributed by atoms with Gasteiger partial charge >= 0.3 is 86.8 Å². The number of hydrogen-bond acceptors (Lipinski definition) is 2. The van der Waals surface area contributed by atoms with Crippen LogP contribution in [0.1, 0.15) is 10.5 Å². The van der Waals surface area contributed by atoms with Crippen molar-refractivity contribution in [2.75, 3.05) is 0 Å². The van der Waals surface area contributed by atoms with Crippen molar-refractivity contribution in [2.24, 2.45) is 0 Å². The number of carbonyl (C=O) groups excluding carboxylic acids is 1. The van der Waals surface area contributed by atoms with E-state index in [1.54, 1.807) is 6.07 Å². The van der Waals surface area contributed by atoms with E-state index in [1.807, 2.05) is 11.0 Å². The van der Waals surface area contributed by atoms with Crippen molar-refractivity contribution >= 4 is 30.2 Å². The Morgan fingerprint density at radius 2 is 2.33 bits per heavy atom. The van der Waals surface area contributed by atoms with Gasteiger partial charge in [0, 0.05) is 0 Å². The first-order valence-corrected chi connectivity index (χ1v) is 4.89. The molecule has 0 unspecified atom stereocenters. The molecule has 5 heteroatoms. The van der Waals surface area contributed by atoms with E-state index < -0.39 is 5.97 Å². The van der Waals surface area contributed by atoms with Gasteiger partial charge in [-0.3, -0.25) is 0 Å². The topological polar surface area (TPSA) is 55.9 Å². The summed E-state index contributed by atoms with van der Waals surface area (Å²) in [7, 11) is 0. The molecular weight excluding hydrogens is 216 g/mol. The Balaban J connectivity index is 0.000000720. The maximum absolute atomic E-state index is 10.3. The van der Waals surface area contributed by atoms with Crippen LogP contribution >= 0.6 is 0 Å². The smallest absolute Gasteiger partial charge is 1.00 e. The quantitative estimate of drug-likeness (QED) is 0.509. The van der Waals surface area contributed by atoms with E-state index in [2.05, 4.69) is 4.98 Å². The Morgan fingerprint density at radius 1 is 1.58 bits per heavy atom. The van der Waals surface area contributed by atoms with Crippen LogP contribution in [-0.4, -0.2) is 25.5 Å². The van der Waals surface area contributed by atoms with Gasteiger partial charge in [0.15, 0.2) is 0 Å². The third kappa shape index (κ3) is 1.52. The molecule has 0 saturated carbocycles. The molecule has 0 radical (unpaired) electrons. The molecule has 1 N–H and O–H groups in total. The van der Waals surface area contributed by atoms with E-state index in [0.717, 1.165) is 9.78 Å². The third-order valence-electron chi connectivity index (χ3n) is 1.46. The van der Waals surface area contributed by atoms with E-state index in [-0.39, 0.29) is 24.6 Å². The van der Waals surface area contributed by atoms with Crippen molar-refractivity contribution in [1.82, 2.24) is 4.98 Å². The fourth-order valence-corrected chi connectivity index (χ4v) is 2.60. The van der Waals surface area contributed by atoms with Crippen molar-refractivity contribution < 1.29 is 28.8 Å². The number of carbonyl (C=O) groups is 1. The minimum atomic E-state index is -1.14. The maximum Gasteiger partial charge on any atom is 1.00 e. The van der Waals surface area contributed by atoms with Gasteiger partial charge in [-0.05, 0) is 0 Å². The van der Waals surface area contributed by atoms with Gasteiger partial charge in [-0.2, -0.15) is 0 Å². The molecule has 56 valence electrons. The van der Waals surface area contributed by atoms with E-state index >= 15 is 0 Å². The van der Waals surface area contributed by atoms with E-state index in [4.69, 9.17) is 0 Å². The van der Waals surface area contributed by atoms with Crippen LogP contribution in [0.25, 0.3) is 9.78 Å². The molecule has 3 nitrogen and oxygen atoms in total. The predicted molar refractivity (Wildman–Crippen MR) is 39.6 cm³/mol. The van der Waals surface area contributed by atoms with Crippen LogP contribution in [0.3, 0.4) is 0 Å². The Kier molecular flexibility index (Phi) is 2.87. The summed E-state index contributed by atoms with van der Waals surface area (Å²) in [5, 5.41) is 10.3. The number of aromatic nitrogens is 1. The molecule has 0 saturated heterocycles. The summed E-state index contributed by atoms with van der Waals surface area (Å²) in [6, 6.07) is 3.55. The molecule has 0 spiro atoms. The molecular formula is C7H4LiNO2Se. The van der Waals surface area contributed by atoms with Crippen LogP contribution in [0.4, 0.5) is 0 Å². The average Bonchev–Trinajstić information content (AvgIpc) is 2.40. The van der Waals surface area contributed by atoms with E-state index in [1.165, 1.54) is 0 Å². The second-order valence-electron chi connectivity index (χ2n) is 2.17. The largest absolute Gasteiger partial charge is 1.00 e. The monoisotopic (exact) mass is 221 g/mol. The normalized spacial score (nSPS) is 9.67. The standard InChI is InChI=1S/C7H5NO2Se.Li/c9-7(10)5-3-6-4(8-5)1-2-11-6;/h1-3,8H,(H,9,10);/q;+1/p-1. The van der Waals surface area contributed by atoms with Gasteiger partial charge < -0.3 is 0 Å². The molecule has 0 bridgehead atoms. The number of rotatable bonds is 1. The molecule has 12 heavy (non-hydrogen) atoms. The summed E-state index contributed by atoms with van der Waals surface area (Å²) in [5.74, 6) is -1.14. The number of carboxylic acids is 1. The summed E-state index contributed by atoms with van der Waals surface area (Å²) >= 11 is 0.305. The number of aromatic amines is 1. The van der Waals surface area contributed by atoms with Crippen molar-refractivity contribution in [3.05, 3.63) is 22.8 Å². The Labute approximate surface area is 86.7 Å². The zero-order valence-electron chi connectivity index (χ0n) is 6.46. The fourth-order valence-electron chi connectivity index (χ4n) is 0.958. The molecule has 2 aromatic heterocycles. The first kappa shape index (κ1) is 9.69. The van der Waals surface area contributed by atoms with Crippen molar-refractivity contribution in [1.29, 1.82) is 0 Å². The van der Waals surface area contributed by atoms with Crippen LogP contribution in [-0.2, 0) is 0 Å². The SMILES string of the molecule is O=C([O-])c1cc2[se]ccc2[nH]1.[Li+]. The summed E-state index contributed by atoms with van der Waals surface area (Å²) < 4.78 is 1.09. The molecule has 2 rings (SSSR count). The van der Waals surface area contributed by atoms with Crippen LogP contribution in [0.2, 0.25) is 0 Å². The van der Waals surface area contributed by atoms with Crippen LogP contribution in [0, 0.1) is 0 Å². The number of carboxylic acid groups (broad SMARTS) is 1. The zero-order chi connectivity index (χ0) is 7.84. The summed E-state index contributed by atoms with van der Waals surface area (Å²) in [4.78, 5) is 15.2. The van der Waals surface area contributed by atoms with Gasteiger partial charge in [0.25, 0.3) is 0 Å². The summed E-state index contributed by atoms with van der Waals surface area (Å²) in [6.45, 7) is 0. The van der Waals surface area contributed by atoms with Crippen LogP contribution in [0.15, 0.2) is 17.1 Å². The molecule has 0 aliphatic rings. The molecule has 0 aliphatic carbocycles. The van der Waals surface area contributed by atoms with E-state index in [0.29, 0.717) is 14.5 Å².